The predicted octanol–water partition coefficient (Wildman–Crippen LogP) is 3.38. The lowest BCUT2D eigenvalue weighted by Crippen LogP contribution is -2.74. The van der Waals surface area contributed by atoms with Gasteiger partial charge in [-0.3, -0.25) is 9.69 Å². The molecule has 1 aliphatic carbocycles. The monoisotopic (exact) mass is 479 g/mol. The number of carbonyl (C=O) groups is 3. The molecule has 8 heteroatoms. The number of hydrogen-bond acceptors (Lipinski definition) is 7. The number of carbonyl (C=O) groups excluding carboxylic acids is 2. The molecule has 0 amide bonds. The zero-order chi connectivity index (χ0) is 25.1. The Kier molecular flexibility index (Phi) is 5.40. The minimum Gasteiger partial charge on any atom is -0.493 e. The SMILES string of the molecule is COc1ccc(C)c2c1O[C@H]1C(=O)CC[C@@]3(OC(=O)c4ccccc4C(=O)O)C(C)N(C)CC[C@]213. The molecule has 184 valence electrons. The van der Waals surface area contributed by atoms with Crippen molar-refractivity contribution in [2.75, 3.05) is 20.7 Å². The smallest absolute Gasteiger partial charge is 0.339 e. The number of benzene rings is 2. The molecule has 2 aromatic rings. The van der Waals surface area contributed by atoms with Crippen LogP contribution in [0.2, 0.25) is 0 Å². The molecule has 2 aromatic carbocycles. The molecule has 0 aromatic heterocycles. The summed E-state index contributed by atoms with van der Waals surface area (Å²) in [6, 6.07) is 9.54. The van der Waals surface area contributed by atoms with Crippen molar-refractivity contribution >= 4 is 17.7 Å². The van der Waals surface area contributed by atoms with Gasteiger partial charge in [0.25, 0.3) is 0 Å². The Bertz CT molecular complexity index is 1240. The van der Waals surface area contributed by atoms with E-state index in [-0.39, 0.29) is 29.4 Å². The fraction of sp³-hybridized carbons (Fsp3) is 0.444. The maximum Gasteiger partial charge on any atom is 0.339 e. The Hall–Kier alpha value is -3.39. The van der Waals surface area contributed by atoms with E-state index >= 15 is 0 Å². The number of likely N-dealkylation sites (N-methyl/N-ethyl adjacent to an activating group) is 1. The topological polar surface area (TPSA) is 102 Å². The van der Waals surface area contributed by atoms with Gasteiger partial charge in [-0.1, -0.05) is 18.2 Å². The van der Waals surface area contributed by atoms with Crippen molar-refractivity contribution in [1.29, 1.82) is 0 Å². The summed E-state index contributed by atoms with van der Waals surface area (Å²) >= 11 is 0. The molecule has 5 rings (SSSR count). The van der Waals surface area contributed by atoms with Gasteiger partial charge >= 0.3 is 11.9 Å². The average Bonchev–Trinajstić information content (AvgIpc) is 3.21. The first-order valence-electron chi connectivity index (χ1n) is 11.8. The van der Waals surface area contributed by atoms with Gasteiger partial charge in [0.2, 0.25) is 0 Å². The number of aryl methyl sites for hydroxylation is 1. The lowest BCUT2D eigenvalue weighted by Gasteiger charge is -2.60. The third-order valence-corrected chi connectivity index (χ3v) is 8.32. The van der Waals surface area contributed by atoms with Crippen LogP contribution in [0.25, 0.3) is 0 Å². The standard InChI is InChI=1S/C27H29NO7/c1-15-9-10-20(33-4)22-21(15)26-13-14-28(3)16(2)27(26,12-11-19(29)23(26)34-22)35-25(32)18-8-6-5-7-17(18)24(30)31/h5-10,16,23H,11-14H2,1-4H3,(H,30,31)/t16?,23-,26-,27+/m0/s1. The molecule has 1 unspecified atom stereocenters. The van der Waals surface area contributed by atoms with Crippen LogP contribution < -0.4 is 9.47 Å². The van der Waals surface area contributed by atoms with Gasteiger partial charge in [0.05, 0.1) is 23.7 Å². The molecule has 1 saturated heterocycles. The lowest BCUT2D eigenvalue weighted by atomic mass is 9.52. The lowest BCUT2D eigenvalue weighted by molar-refractivity contribution is -0.180. The van der Waals surface area contributed by atoms with E-state index in [1.54, 1.807) is 19.2 Å². The Morgan fingerprint density at radius 2 is 1.86 bits per heavy atom. The van der Waals surface area contributed by atoms with Crippen molar-refractivity contribution in [3.8, 4) is 11.5 Å². The fourth-order valence-corrected chi connectivity index (χ4v) is 6.53. The number of fused-ring (bicyclic) bond motifs is 1. The van der Waals surface area contributed by atoms with Gasteiger partial charge < -0.3 is 19.3 Å². The number of nitrogens with zero attached hydrogens (tertiary/aromatic N) is 1. The first kappa shape index (κ1) is 23.4. The molecular weight excluding hydrogens is 450 g/mol. The normalized spacial score (nSPS) is 29.4. The molecule has 1 spiro atoms. The summed E-state index contributed by atoms with van der Waals surface area (Å²) in [6.45, 7) is 4.64. The Morgan fingerprint density at radius 3 is 2.54 bits per heavy atom. The molecule has 3 aliphatic rings. The van der Waals surface area contributed by atoms with Crippen molar-refractivity contribution in [1.82, 2.24) is 4.90 Å². The quantitative estimate of drug-likeness (QED) is 0.666. The van der Waals surface area contributed by atoms with Crippen molar-refractivity contribution < 1.29 is 33.7 Å². The number of rotatable bonds is 4. The fourth-order valence-electron chi connectivity index (χ4n) is 6.53. The van der Waals surface area contributed by atoms with Crippen LogP contribution in [0.15, 0.2) is 36.4 Å². The molecule has 0 bridgehead atoms. The van der Waals surface area contributed by atoms with Gasteiger partial charge in [0.1, 0.15) is 5.60 Å². The maximum atomic E-state index is 13.7. The first-order valence-corrected chi connectivity index (χ1v) is 11.8. The molecule has 1 N–H and O–H groups in total. The minimum absolute atomic E-state index is 0.0140. The molecule has 2 fully saturated rings. The number of aromatic carboxylic acids is 1. The van der Waals surface area contributed by atoms with Crippen LogP contribution in [0.5, 0.6) is 11.5 Å². The highest BCUT2D eigenvalue weighted by atomic mass is 16.6. The van der Waals surface area contributed by atoms with E-state index in [4.69, 9.17) is 14.2 Å². The minimum atomic E-state index is -1.20. The van der Waals surface area contributed by atoms with Crippen LogP contribution in [0.4, 0.5) is 0 Å². The van der Waals surface area contributed by atoms with Crippen molar-refractivity contribution in [3.05, 3.63) is 58.7 Å². The number of likely N-dealkylation sites (tertiary alicyclic amines) is 1. The van der Waals surface area contributed by atoms with Crippen LogP contribution in [0.1, 0.15) is 58.0 Å². The van der Waals surface area contributed by atoms with E-state index in [9.17, 15) is 19.5 Å². The highest BCUT2D eigenvalue weighted by Gasteiger charge is 2.72. The number of ketones is 1. The van der Waals surface area contributed by atoms with Gasteiger partial charge in [-0.2, -0.15) is 0 Å². The summed E-state index contributed by atoms with van der Waals surface area (Å²) in [4.78, 5) is 41.0. The van der Waals surface area contributed by atoms with E-state index in [0.717, 1.165) is 11.1 Å². The van der Waals surface area contributed by atoms with Crippen molar-refractivity contribution in [3.63, 3.8) is 0 Å². The summed E-state index contributed by atoms with van der Waals surface area (Å²) < 4.78 is 18.4. The van der Waals surface area contributed by atoms with Crippen molar-refractivity contribution in [2.45, 2.75) is 56.3 Å². The maximum absolute atomic E-state index is 13.7. The van der Waals surface area contributed by atoms with Crippen LogP contribution in [0, 0.1) is 6.92 Å². The zero-order valence-electron chi connectivity index (χ0n) is 20.3. The summed E-state index contributed by atoms with van der Waals surface area (Å²) in [5.74, 6) is -0.893. The Balaban J connectivity index is 1.73. The van der Waals surface area contributed by atoms with E-state index in [1.807, 2.05) is 33.0 Å². The van der Waals surface area contributed by atoms with Gasteiger partial charge in [-0.15, -0.1) is 0 Å². The van der Waals surface area contributed by atoms with Gasteiger partial charge in [-0.05, 0) is 64.0 Å². The average molecular weight is 480 g/mol. The number of carboxylic acids is 1. The second kappa shape index (κ2) is 8.09. The molecule has 35 heavy (non-hydrogen) atoms. The van der Waals surface area contributed by atoms with Gasteiger partial charge in [0, 0.05) is 18.0 Å². The number of hydrogen-bond donors (Lipinski definition) is 1. The summed E-state index contributed by atoms with van der Waals surface area (Å²) in [6.07, 6.45) is 0.223. The number of piperidine rings is 1. The second-order valence-electron chi connectivity index (χ2n) is 9.76. The van der Waals surface area contributed by atoms with Crippen LogP contribution in [0.3, 0.4) is 0 Å². The Labute approximate surface area is 203 Å². The summed E-state index contributed by atoms with van der Waals surface area (Å²) in [7, 11) is 3.53. The summed E-state index contributed by atoms with van der Waals surface area (Å²) in [5.41, 5.74) is -0.404. The second-order valence-corrected chi connectivity index (χ2v) is 9.76. The van der Waals surface area contributed by atoms with Crippen LogP contribution in [-0.2, 0) is 14.9 Å². The number of Topliss-reactive ketones (excluding diaryl/α,β-unsaturated/α-hetero) is 1. The third-order valence-electron chi connectivity index (χ3n) is 8.32. The third kappa shape index (κ3) is 3.05. The first-order chi connectivity index (χ1) is 16.7. The highest BCUT2D eigenvalue weighted by Crippen LogP contribution is 2.63. The highest BCUT2D eigenvalue weighted by molar-refractivity contribution is 6.02. The van der Waals surface area contributed by atoms with E-state index < -0.39 is 29.1 Å². The van der Waals surface area contributed by atoms with E-state index in [2.05, 4.69) is 4.90 Å². The molecule has 4 atom stereocenters. The number of esters is 1. The molecular formula is C27H29NO7. The largest absolute Gasteiger partial charge is 0.493 e. The van der Waals surface area contributed by atoms with Gasteiger partial charge in [-0.25, -0.2) is 9.59 Å². The van der Waals surface area contributed by atoms with Crippen molar-refractivity contribution in [2.24, 2.45) is 0 Å². The molecule has 0 radical (unpaired) electrons. The summed E-state index contributed by atoms with van der Waals surface area (Å²) in [5, 5.41) is 9.66. The van der Waals surface area contributed by atoms with E-state index in [1.165, 1.54) is 12.1 Å². The number of carboxylic acid groups (broad SMARTS) is 1. The molecule has 8 nitrogen and oxygen atoms in total. The zero-order valence-corrected chi connectivity index (χ0v) is 20.3. The molecule has 2 heterocycles. The number of methoxy groups -OCH3 is 1. The van der Waals surface area contributed by atoms with Crippen LogP contribution >= 0.6 is 0 Å². The molecule has 1 saturated carbocycles. The Morgan fingerprint density at radius 1 is 1.14 bits per heavy atom. The van der Waals surface area contributed by atoms with Crippen LogP contribution in [-0.4, -0.2) is 66.2 Å². The molecule has 2 aliphatic heterocycles. The van der Waals surface area contributed by atoms with Gasteiger partial charge in [0.15, 0.2) is 23.4 Å². The predicted molar refractivity (Wildman–Crippen MR) is 126 cm³/mol. The van der Waals surface area contributed by atoms with E-state index in [0.29, 0.717) is 30.9 Å². The number of ether oxygens (including phenoxy) is 3.